The molecule has 3 rings (SSSR count). The number of aliphatic imine (C=N–C) groups is 1. The largest absolute Gasteiger partial charge is 0.467 e. The first-order valence-electron chi connectivity index (χ1n) is 10.5. The first kappa shape index (κ1) is 24.5. The van der Waals surface area contributed by atoms with E-state index in [1.54, 1.807) is 13.3 Å². The number of guanidine groups is 1. The Morgan fingerprint density at radius 3 is 2.77 bits per heavy atom. The van der Waals surface area contributed by atoms with Crippen LogP contribution in [0.25, 0.3) is 0 Å². The molecule has 1 aliphatic rings. The van der Waals surface area contributed by atoms with E-state index in [0.717, 1.165) is 55.1 Å². The Bertz CT molecular complexity index is 728. The Kier molecular flexibility index (Phi) is 11.0. The van der Waals surface area contributed by atoms with E-state index in [0.29, 0.717) is 19.8 Å². The zero-order chi connectivity index (χ0) is 20.3. The summed E-state index contributed by atoms with van der Waals surface area (Å²) in [6, 6.07) is 8.05. The molecule has 0 radical (unpaired) electrons. The summed E-state index contributed by atoms with van der Waals surface area (Å²) in [7, 11) is 1.78. The van der Waals surface area contributed by atoms with Crippen molar-refractivity contribution < 1.29 is 9.15 Å². The minimum Gasteiger partial charge on any atom is -0.467 e. The highest BCUT2D eigenvalue weighted by atomic mass is 127. The highest BCUT2D eigenvalue weighted by Gasteiger charge is 2.16. The summed E-state index contributed by atoms with van der Waals surface area (Å²) in [5, 5.41) is 6.64. The minimum atomic E-state index is 0. The number of hydrogen-bond donors (Lipinski definition) is 2. The van der Waals surface area contributed by atoms with E-state index >= 15 is 0 Å². The molecule has 8 heteroatoms. The molecular weight excluding hydrogens is 493 g/mol. The summed E-state index contributed by atoms with van der Waals surface area (Å²) in [6.07, 6.45) is 7.01. The first-order valence-corrected chi connectivity index (χ1v) is 10.5. The van der Waals surface area contributed by atoms with Crippen LogP contribution in [0.15, 0.2) is 46.1 Å². The van der Waals surface area contributed by atoms with Crippen LogP contribution >= 0.6 is 24.0 Å². The van der Waals surface area contributed by atoms with Crippen molar-refractivity contribution in [1.82, 2.24) is 15.6 Å². The van der Waals surface area contributed by atoms with Gasteiger partial charge in [0.05, 0.1) is 6.26 Å². The van der Waals surface area contributed by atoms with Crippen LogP contribution in [-0.4, -0.2) is 44.2 Å². The molecular formula is C22H34IN5O2. The molecule has 0 atom stereocenters. The molecule has 1 saturated heterocycles. The molecule has 0 unspecified atom stereocenters. The Morgan fingerprint density at radius 1 is 1.27 bits per heavy atom. The normalized spacial score (nSPS) is 15.0. The molecule has 2 aromatic heterocycles. The average Bonchev–Trinajstić information content (AvgIpc) is 3.27. The van der Waals surface area contributed by atoms with Gasteiger partial charge in [0, 0.05) is 46.0 Å². The Hall–Kier alpha value is -1.81. The zero-order valence-electron chi connectivity index (χ0n) is 18.0. The number of aromatic nitrogens is 1. The Labute approximate surface area is 196 Å². The second-order valence-electron chi connectivity index (χ2n) is 7.53. The smallest absolute Gasteiger partial charge is 0.191 e. The van der Waals surface area contributed by atoms with Crippen molar-refractivity contribution in [2.75, 3.05) is 38.2 Å². The first-order chi connectivity index (χ1) is 14.2. The molecule has 2 aromatic rings. The van der Waals surface area contributed by atoms with Crippen molar-refractivity contribution in [1.29, 1.82) is 0 Å². The van der Waals surface area contributed by atoms with Gasteiger partial charge in [0.25, 0.3) is 0 Å². The van der Waals surface area contributed by atoms with Gasteiger partial charge in [-0.05, 0) is 48.9 Å². The number of anilines is 1. The average molecular weight is 527 g/mol. The van der Waals surface area contributed by atoms with Gasteiger partial charge in [0.2, 0.25) is 0 Å². The van der Waals surface area contributed by atoms with Gasteiger partial charge in [-0.2, -0.15) is 0 Å². The monoisotopic (exact) mass is 527 g/mol. The number of furan rings is 1. The number of nitrogens with zero attached hydrogens (tertiary/aromatic N) is 3. The van der Waals surface area contributed by atoms with Gasteiger partial charge in [-0.1, -0.05) is 13.0 Å². The van der Waals surface area contributed by atoms with Crippen LogP contribution in [0.3, 0.4) is 0 Å². The molecule has 30 heavy (non-hydrogen) atoms. The van der Waals surface area contributed by atoms with E-state index in [-0.39, 0.29) is 24.0 Å². The molecule has 0 bridgehead atoms. The summed E-state index contributed by atoms with van der Waals surface area (Å²) >= 11 is 0. The van der Waals surface area contributed by atoms with Gasteiger partial charge in [-0.3, -0.25) is 4.99 Å². The summed E-state index contributed by atoms with van der Waals surface area (Å²) in [6.45, 7) is 7.21. The number of hydrogen-bond acceptors (Lipinski definition) is 5. The molecule has 0 spiro atoms. The van der Waals surface area contributed by atoms with Crippen molar-refractivity contribution in [3.05, 3.63) is 48.0 Å². The third kappa shape index (κ3) is 8.14. The van der Waals surface area contributed by atoms with Crippen LogP contribution in [0.5, 0.6) is 0 Å². The van der Waals surface area contributed by atoms with E-state index in [1.165, 1.54) is 12.8 Å². The minimum absolute atomic E-state index is 0. The lowest BCUT2D eigenvalue weighted by molar-refractivity contribution is 0.105. The van der Waals surface area contributed by atoms with Gasteiger partial charge in [0.15, 0.2) is 5.96 Å². The maximum atomic E-state index is 5.58. The fourth-order valence-electron chi connectivity index (χ4n) is 3.30. The topological polar surface area (TPSA) is 74.9 Å². The SMILES string of the molecule is CN=C(NCCCOCc1ccco1)NCc1ccc(N2CCC(C)CC2)nc1.I. The number of ether oxygens (including phenoxy) is 1. The molecule has 3 heterocycles. The van der Waals surface area contributed by atoms with Gasteiger partial charge in [-0.15, -0.1) is 24.0 Å². The third-order valence-electron chi connectivity index (χ3n) is 5.18. The Morgan fingerprint density at radius 2 is 2.10 bits per heavy atom. The fourth-order valence-corrected chi connectivity index (χ4v) is 3.30. The van der Waals surface area contributed by atoms with E-state index in [2.05, 4.69) is 44.6 Å². The predicted octanol–water partition coefficient (Wildman–Crippen LogP) is 3.80. The molecule has 1 aliphatic heterocycles. The maximum Gasteiger partial charge on any atom is 0.191 e. The number of nitrogens with one attached hydrogen (secondary N) is 2. The van der Waals surface area contributed by atoms with Crippen molar-refractivity contribution in [3.8, 4) is 0 Å². The molecule has 0 saturated carbocycles. The zero-order valence-corrected chi connectivity index (χ0v) is 20.3. The number of pyridine rings is 1. The predicted molar refractivity (Wildman–Crippen MR) is 131 cm³/mol. The molecule has 166 valence electrons. The summed E-state index contributed by atoms with van der Waals surface area (Å²) in [5.41, 5.74) is 1.14. The van der Waals surface area contributed by atoms with Crippen LogP contribution < -0.4 is 15.5 Å². The lowest BCUT2D eigenvalue weighted by atomic mass is 9.99. The van der Waals surface area contributed by atoms with Crippen LogP contribution in [0.1, 0.15) is 37.5 Å². The lowest BCUT2D eigenvalue weighted by Crippen LogP contribution is -2.37. The van der Waals surface area contributed by atoms with Crippen molar-refractivity contribution in [2.24, 2.45) is 10.9 Å². The molecule has 0 aliphatic carbocycles. The second kappa shape index (κ2) is 13.5. The molecule has 0 aromatic carbocycles. The van der Waals surface area contributed by atoms with Crippen molar-refractivity contribution in [2.45, 2.75) is 39.3 Å². The van der Waals surface area contributed by atoms with Gasteiger partial charge >= 0.3 is 0 Å². The lowest BCUT2D eigenvalue weighted by Gasteiger charge is -2.31. The van der Waals surface area contributed by atoms with Crippen LogP contribution in [0.4, 0.5) is 5.82 Å². The molecule has 2 N–H and O–H groups in total. The fraction of sp³-hybridized carbons (Fsp3) is 0.545. The maximum absolute atomic E-state index is 5.58. The van der Waals surface area contributed by atoms with Crippen LogP contribution in [0, 0.1) is 5.92 Å². The third-order valence-corrected chi connectivity index (χ3v) is 5.18. The molecule has 7 nitrogen and oxygen atoms in total. The van der Waals surface area contributed by atoms with Gasteiger partial charge in [-0.25, -0.2) is 4.98 Å². The van der Waals surface area contributed by atoms with Gasteiger partial charge < -0.3 is 24.7 Å². The van der Waals surface area contributed by atoms with E-state index in [9.17, 15) is 0 Å². The highest BCUT2D eigenvalue weighted by molar-refractivity contribution is 14.0. The standard InChI is InChI=1S/C22H33N5O2.HI/c1-18-8-11-27(12-9-18)21-7-6-19(15-25-21)16-26-22(23-2)24-10-4-13-28-17-20-5-3-14-29-20;/h3,5-7,14-15,18H,4,8-13,16-17H2,1-2H3,(H2,23,24,26);1H. The number of rotatable bonds is 9. The van der Waals surface area contributed by atoms with E-state index in [1.807, 2.05) is 18.3 Å². The molecule has 0 amide bonds. The van der Waals surface area contributed by atoms with Crippen molar-refractivity contribution in [3.63, 3.8) is 0 Å². The Balaban J connectivity index is 0.00000320. The van der Waals surface area contributed by atoms with Crippen LogP contribution in [-0.2, 0) is 17.9 Å². The summed E-state index contributed by atoms with van der Waals surface area (Å²) in [5.74, 6) is 3.55. The van der Waals surface area contributed by atoms with Gasteiger partial charge in [0.1, 0.15) is 18.2 Å². The van der Waals surface area contributed by atoms with E-state index < -0.39 is 0 Å². The van der Waals surface area contributed by atoms with Crippen molar-refractivity contribution >= 4 is 35.8 Å². The summed E-state index contributed by atoms with van der Waals surface area (Å²) < 4.78 is 10.8. The second-order valence-corrected chi connectivity index (χ2v) is 7.53. The molecule has 1 fully saturated rings. The number of halogens is 1. The quantitative estimate of drug-likeness (QED) is 0.224. The van der Waals surface area contributed by atoms with Crippen LogP contribution in [0.2, 0.25) is 0 Å². The van der Waals surface area contributed by atoms with E-state index in [4.69, 9.17) is 9.15 Å². The highest BCUT2D eigenvalue weighted by Crippen LogP contribution is 2.21. The summed E-state index contributed by atoms with van der Waals surface area (Å²) in [4.78, 5) is 11.3. The number of piperidine rings is 1.